The number of ketones is 3. The van der Waals surface area contributed by atoms with Crippen molar-refractivity contribution in [3.8, 4) is 11.5 Å². The van der Waals surface area contributed by atoms with Crippen LogP contribution in [-0.4, -0.2) is 32.7 Å². The molecule has 1 aromatic carbocycles. The molecule has 2 saturated carbocycles. The quantitative estimate of drug-likeness (QED) is 0.0616. The number of carbonyl (C=O) groups excluding carboxylic acids is 3. The summed E-state index contributed by atoms with van der Waals surface area (Å²) < 4.78 is 0. The van der Waals surface area contributed by atoms with Crippen molar-refractivity contribution in [3.63, 3.8) is 0 Å². The summed E-state index contributed by atoms with van der Waals surface area (Å²) in [5.74, 6) is -3.61. The molecule has 0 amide bonds. The van der Waals surface area contributed by atoms with Gasteiger partial charge in [-0.05, 0) is 116 Å². The first-order chi connectivity index (χ1) is 20.3. The largest absolute Gasteiger partial charge is 0.506 e. The highest BCUT2D eigenvalue weighted by atomic mass is 16.3. The Hall–Kier alpha value is -3.67. The highest BCUT2D eigenvalue weighted by Crippen LogP contribution is 2.66. The van der Waals surface area contributed by atoms with Crippen LogP contribution in [0.4, 0.5) is 0 Å². The van der Waals surface area contributed by atoms with Gasteiger partial charge in [-0.3, -0.25) is 14.4 Å². The third-order valence-corrected chi connectivity index (χ3v) is 10.0. The normalized spacial score (nSPS) is 26.0. The van der Waals surface area contributed by atoms with Gasteiger partial charge in [0.05, 0.1) is 5.41 Å². The number of carbonyl (C=O) groups is 3. The average Bonchev–Trinajstić information content (AvgIpc) is 2.91. The molecule has 0 aliphatic heterocycles. The van der Waals surface area contributed by atoms with Gasteiger partial charge in [-0.15, -0.1) is 0 Å². The van der Waals surface area contributed by atoms with Crippen molar-refractivity contribution in [1.29, 1.82) is 0 Å². The SMILES string of the molecule is C=C(C)[C@H](CC=C(C)C)CC12CC(CC=C(C)C)C(C)(C)C(CC=C(C)C)(C(=O)/C(=C(\O)c3ccc(O)c(O)c3)C1=O)C2=O. The summed E-state index contributed by atoms with van der Waals surface area (Å²) in [6, 6.07) is 3.65. The second kappa shape index (κ2) is 12.7. The van der Waals surface area contributed by atoms with Crippen LogP contribution in [0.5, 0.6) is 11.5 Å². The first-order valence-corrected chi connectivity index (χ1v) is 15.5. The van der Waals surface area contributed by atoms with Gasteiger partial charge in [-0.25, -0.2) is 0 Å². The summed E-state index contributed by atoms with van der Waals surface area (Å²) >= 11 is 0. The van der Waals surface area contributed by atoms with E-state index in [1.807, 2.05) is 68.4 Å². The fraction of sp³-hybridized carbons (Fsp3) is 0.500. The third kappa shape index (κ3) is 6.00. The summed E-state index contributed by atoms with van der Waals surface area (Å²) in [6.07, 6.45) is 7.79. The van der Waals surface area contributed by atoms with E-state index in [0.717, 1.165) is 28.4 Å². The summed E-state index contributed by atoms with van der Waals surface area (Å²) in [7, 11) is 0. The van der Waals surface area contributed by atoms with E-state index < -0.39 is 50.6 Å². The standard InChI is InChI=1S/C38H50O6/c1-22(2)11-13-27(25(7)8)20-37-21-28(15-12-23(3)4)36(9,10)38(35(37)44,18-17-24(5)6)34(43)31(33(37)42)32(41)26-14-16-29(39)30(40)19-26/h11-12,14,16-17,19,27-28,39-41H,7,13,15,18,20-21H2,1-6,8-10H3/b32-31-/t27-,28?,37?,38?/m1/s1. The molecule has 0 saturated heterocycles. The topological polar surface area (TPSA) is 112 Å². The summed E-state index contributed by atoms with van der Waals surface area (Å²) in [4.78, 5) is 44.9. The highest BCUT2D eigenvalue weighted by Gasteiger charge is 2.74. The van der Waals surface area contributed by atoms with Crippen molar-refractivity contribution in [2.75, 3.05) is 0 Å². The van der Waals surface area contributed by atoms with Gasteiger partial charge in [0.25, 0.3) is 0 Å². The van der Waals surface area contributed by atoms with Crippen molar-refractivity contribution in [2.24, 2.45) is 28.1 Å². The first-order valence-electron chi connectivity index (χ1n) is 15.5. The fourth-order valence-electron chi connectivity index (χ4n) is 7.08. The van der Waals surface area contributed by atoms with Crippen LogP contribution in [0.15, 0.2) is 70.9 Å². The molecule has 0 heterocycles. The molecule has 6 nitrogen and oxygen atoms in total. The number of aliphatic hydroxyl groups excluding tert-OH is 1. The zero-order chi connectivity index (χ0) is 33.4. The first kappa shape index (κ1) is 34.8. The number of phenolic OH excluding ortho intramolecular Hbond substituents is 2. The van der Waals surface area contributed by atoms with Gasteiger partial charge in [0, 0.05) is 5.56 Å². The second-order valence-electron chi connectivity index (χ2n) is 14.3. The molecule has 2 aliphatic carbocycles. The Kier molecular flexibility index (Phi) is 10.1. The Bertz CT molecular complexity index is 1490. The van der Waals surface area contributed by atoms with Crippen molar-refractivity contribution >= 4 is 23.1 Å². The molecule has 2 bridgehead atoms. The van der Waals surface area contributed by atoms with Gasteiger partial charge in [0.1, 0.15) is 16.7 Å². The lowest BCUT2D eigenvalue weighted by atomic mass is 9.38. The molecule has 4 atom stereocenters. The van der Waals surface area contributed by atoms with Gasteiger partial charge in [0.15, 0.2) is 28.8 Å². The number of aromatic hydroxyl groups is 2. The van der Waals surface area contributed by atoms with Crippen LogP contribution >= 0.6 is 0 Å². The van der Waals surface area contributed by atoms with Crippen LogP contribution in [0.1, 0.15) is 100.0 Å². The minimum absolute atomic E-state index is 0.0110. The zero-order valence-corrected chi connectivity index (χ0v) is 27.9. The van der Waals surface area contributed by atoms with E-state index in [1.165, 1.54) is 12.1 Å². The number of hydrogen-bond donors (Lipinski definition) is 3. The van der Waals surface area contributed by atoms with Crippen molar-refractivity contribution in [3.05, 3.63) is 76.4 Å². The average molecular weight is 603 g/mol. The van der Waals surface area contributed by atoms with Crippen molar-refractivity contribution < 1.29 is 29.7 Å². The molecular weight excluding hydrogens is 552 g/mol. The maximum atomic E-state index is 15.2. The van der Waals surface area contributed by atoms with Gasteiger partial charge >= 0.3 is 0 Å². The van der Waals surface area contributed by atoms with E-state index in [-0.39, 0.29) is 42.4 Å². The molecule has 3 rings (SSSR count). The van der Waals surface area contributed by atoms with Gasteiger partial charge in [0.2, 0.25) is 0 Å². The molecule has 238 valence electrons. The van der Waals surface area contributed by atoms with Crippen LogP contribution in [-0.2, 0) is 14.4 Å². The summed E-state index contributed by atoms with van der Waals surface area (Å²) in [5, 5.41) is 31.7. The smallest absolute Gasteiger partial charge is 0.184 e. The van der Waals surface area contributed by atoms with E-state index in [0.29, 0.717) is 12.8 Å². The summed E-state index contributed by atoms with van der Waals surface area (Å²) in [6.45, 7) is 21.9. The van der Waals surface area contributed by atoms with E-state index in [9.17, 15) is 24.9 Å². The van der Waals surface area contributed by atoms with Crippen LogP contribution < -0.4 is 0 Å². The minimum atomic E-state index is -1.62. The van der Waals surface area contributed by atoms with E-state index in [1.54, 1.807) is 0 Å². The Balaban J connectivity index is 2.47. The zero-order valence-electron chi connectivity index (χ0n) is 27.9. The van der Waals surface area contributed by atoms with E-state index >= 15 is 4.79 Å². The molecule has 2 aliphatic rings. The number of benzene rings is 1. The molecular formula is C38H50O6. The number of fused-ring (bicyclic) bond motifs is 2. The maximum Gasteiger partial charge on any atom is 0.184 e. The van der Waals surface area contributed by atoms with Crippen LogP contribution in [0.3, 0.4) is 0 Å². The number of rotatable bonds is 10. The minimum Gasteiger partial charge on any atom is -0.506 e. The Morgan fingerprint density at radius 1 is 0.909 bits per heavy atom. The van der Waals surface area contributed by atoms with Crippen molar-refractivity contribution in [2.45, 2.75) is 94.4 Å². The molecule has 1 aromatic rings. The maximum absolute atomic E-state index is 15.2. The predicted molar refractivity (Wildman–Crippen MR) is 176 cm³/mol. The monoisotopic (exact) mass is 602 g/mol. The molecule has 3 unspecified atom stereocenters. The summed E-state index contributed by atoms with van der Waals surface area (Å²) in [5.41, 5.74) is -0.453. The third-order valence-electron chi connectivity index (χ3n) is 10.0. The number of phenols is 2. The molecule has 6 heteroatoms. The number of Topliss-reactive ketones (excluding diaryl/α,β-unsaturated/α-hetero) is 3. The Labute approximate surface area is 263 Å². The van der Waals surface area contributed by atoms with Crippen molar-refractivity contribution in [1.82, 2.24) is 0 Å². The fourth-order valence-corrected chi connectivity index (χ4v) is 7.08. The molecule has 0 spiro atoms. The van der Waals surface area contributed by atoms with E-state index in [2.05, 4.69) is 18.7 Å². The Morgan fingerprint density at radius 3 is 2.02 bits per heavy atom. The van der Waals surface area contributed by atoms with Crippen LogP contribution in [0, 0.1) is 28.1 Å². The molecule has 2 fully saturated rings. The van der Waals surface area contributed by atoms with Crippen LogP contribution in [0.2, 0.25) is 0 Å². The van der Waals surface area contributed by atoms with Gasteiger partial charge < -0.3 is 15.3 Å². The lowest BCUT2D eigenvalue weighted by Crippen LogP contribution is -2.69. The molecule has 44 heavy (non-hydrogen) atoms. The lowest BCUT2D eigenvalue weighted by Gasteiger charge is -2.60. The lowest BCUT2D eigenvalue weighted by molar-refractivity contribution is -0.177. The van der Waals surface area contributed by atoms with E-state index in [4.69, 9.17) is 0 Å². The molecule has 3 N–H and O–H groups in total. The second-order valence-corrected chi connectivity index (χ2v) is 14.3. The van der Waals surface area contributed by atoms with Gasteiger partial charge in [-0.1, -0.05) is 60.9 Å². The van der Waals surface area contributed by atoms with Crippen LogP contribution in [0.25, 0.3) is 5.76 Å². The highest BCUT2D eigenvalue weighted by molar-refractivity contribution is 6.41. The Morgan fingerprint density at radius 2 is 1.50 bits per heavy atom. The number of aliphatic hydroxyl groups is 1. The number of hydrogen-bond acceptors (Lipinski definition) is 6. The molecule has 0 radical (unpaired) electrons. The predicted octanol–water partition coefficient (Wildman–Crippen LogP) is 8.76. The molecule has 0 aromatic heterocycles. The van der Waals surface area contributed by atoms with Gasteiger partial charge in [-0.2, -0.15) is 0 Å². The number of allylic oxidation sites excluding steroid dienone is 8.